The van der Waals surface area contributed by atoms with Crippen molar-refractivity contribution in [3.8, 4) is 0 Å². The Morgan fingerprint density at radius 3 is 2.50 bits per heavy atom. The zero-order chi connectivity index (χ0) is 12.2. The monoisotopic (exact) mass is 240 g/mol. The van der Waals surface area contributed by atoms with Gasteiger partial charge in [0.25, 0.3) is 0 Å². The van der Waals surface area contributed by atoms with E-state index in [9.17, 15) is 13.2 Å². The number of aliphatic hydroxyl groups is 1. The summed E-state index contributed by atoms with van der Waals surface area (Å²) < 4.78 is 36.6. The molecule has 1 saturated heterocycles. The van der Waals surface area contributed by atoms with Crippen LogP contribution in [0.3, 0.4) is 0 Å². The fourth-order valence-corrected chi connectivity index (χ4v) is 2.16. The Bertz CT molecular complexity index is 223. The number of rotatable bonds is 3. The molecule has 0 aromatic carbocycles. The van der Waals surface area contributed by atoms with Crippen LogP contribution in [-0.4, -0.2) is 48.0 Å². The number of nitrogens with two attached hydrogens (primary N) is 1. The fraction of sp³-hybridized carbons (Fsp3) is 1.00. The lowest BCUT2D eigenvalue weighted by Gasteiger charge is -2.27. The van der Waals surface area contributed by atoms with Gasteiger partial charge in [0, 0.05) is 18.7 Å². The van der Waals surface area contributed by atoms with Crippen LogP contribution in [0.25, 0.3) is 0 Å². The molecular formula is C10H19F3N2O. The summed E-state index contributed by atoms with van der Waals surface area (Å²) in [6, 6.07) is 0. The molecule has 3 N–H and O–H groups in total. The Morgan fingerprint density at radius 1 is 1.25 bits per heavy atom. The summed E-state index contributed by atoms with van der Waals surface area (Å²) in [5.41, 5.74) is 5.54. The molecule has 0 aromatic rings. The van der Waals surface area contributed by atoms with Crippen molar-refractivity contribution in [2.45, 2.75) is 37.4 Å². The Balaban J connectivity index is 2.46. The predicted octanol–water partition coefficient (Wildman–Crippen LogP) is 1.11. The zero-order valence-electron chi connectivity index (χ0n) is 9.26. The van der Waals surface area contributed by atoms with E-state index in [4.69, 9.17) is 10.8 Å². The number of hydrogen-bond donors (Lipinski definition) is 2. The van der Waals surface area contributed by atoms with Crippen molar-refractivity contribution in [2.24, 2.45) is 5.73 Å². The topological polar surface area (TPSA) is 49.5 Å². The van der Waals surface area contributed by atoms with Gasteiger partial charge in [-0.25, -0.2) is 0 Å². The van der Waals surface area contributed by atoms with Crippen LogP contribution in [0.5, 0.6) is 0 Å². The maximum Gasteiger partial charge on any atom is 0.401 e. The molecule has 0 amide bonds. The third-order valence-corrected chi connectivity index (χ3v) is 3.09. The van der Waals surface area contributed by atoms with Gasteiger partial charge in [0.1, 0.15) is 0 Å². The van der Waals surface area contributed by atoms with Crippen LogP contribution >= 0.6 is 0 Å². The van der Waals surface area contributed by atoms with Crippen molar-refractivity contribution < 1.29 is 18.3 Å². The molecule has 0 aromatic heterocycles. The van der Waals surface area contributed by atoms with Crippen LogP contribution in [0.2, 0.25) is 0 Å². The van der Waals surface area contributed by atoms with E-state index in [1.165, 1.54) is 4.90 Å². The Hall–Kier alpha value is -0.330. The first kappa shape index (κ1) is 13.7. The summed E-state index contributed by atoms with van der Waals surface area (Å²) in [7, 11) is 0. The van der Waals surface area contributed by atoms with E-state index in [1.54, 1.807) is 0 Å². The molecule has 3 nitrogen and oxygen atoms in total. The number of alkyl halides is 3. The normalized spacial score (nSPS) is 29.1. The third kappa shape index (κ3) is 4.67. The lowest BCUT2D eigenvalue weighted by Crippen LogP contribution is -2.42. The lowest BCUT2D eigenvalue weighted by molar-refractivity contribution is -0.145. The smallest absolute Gasteiger partial charge is 0.396 e. The highest BCUT2D eigenvalue weighted by molar-refractivity contribution is 4.88. The lowest BCUT2D eigenvalue weighted by atomic mass is 9.89. The molecular weight excluding hydrogens is 221 g/mol. The third-order valence-electron chi connectivity index (χ3n) is 3.09. The van der Waals surface area contributed by atoms with Gasteiger partial charge in [-0.05, 0) is 32.2 Å². The highest BCUT2D eigenvalue weighted by Gasteiger charge is 2.34. The summed E-state index contributed by atoms with van der Waals surface area (Å²) in [6.07, 6.45) is -1.82. The van der Waals surface area contributed by atoms with Crippen molar-refractivity contribution in [3.63, 3.8) is 0 Å². The Labute approximate surface area is 93.4 Å². The van der Waals surface area contributed by atoms with Gasteiger partial charge >= 0.3 is 6.18 Å². The number of nitrogens with zero attached hydrogens (tertiary/aromatic N) is 1. The Morgan fingerprint density at radius 2 is 1.94 bits per heavy atom. The van der Waals surface area contributed by atoms with Crippen LogP contribution in [0.4, 0.5) is 13.2 Å². The second-order valence-corrected chi connectivity index (χ2v) is 4.58. The molecule has 1 fully saturated rings. The molecule has 1 heterocycles. The molecule has 6 heteroatoms. The van der Waals surface area contributed by atoms with Gasteiger partial charge in [-0.15, -0.1) is 0 Å². The summed E-state index contributed by atoms with van der Waals surface area (Å²) >= 11 is 0. The molecule has 0 bridgehead atoms. The molecule has 1 aliphatic rings. The second kappa shape index (κ2) is 5.33. The van der Waals surface area contributed by atoms with Gasteiger partial charge in [0.05, 0.1) is 6.54 Å². The minimum absolute atomic E-state index is 0.00420. The first-order valence-electron chi connectivity index (χ1n) is 5.53. The SMILES string of the molecule is NC1(CCO)CCCN(CC(F)(F)F)CC1. The maximum absolute atomic E-state index is 12.2. The van der Waals surface area contributed by atoms with Crippen LogP contribution in [0.1, 0.15) is 25.7 Å². The number of aliphatic hydroxyl groups excluding tert-OH is 1. The van der Waals surface area contributed by atoms with Crippen LogP contribution in [0, 0.1) is 0 Å². The van der Waals surface area contributed by atoms with Crippen LogP contribution < -0.4 is 5.73 Å². The van der Waals surface area contributed by atoms with Gasteiger partial charge in [0.2, 0.25) is 0 Å². The first-order valence-corrected chi connectivity index (χ1v) is 5.53. The molecule has 0 radical (unpaired) electrons. The molecule has 1 atom stereocenters. The summed E-state index contributed by atoms with van der Waals surface area (Å²) in [6.45, 7) is -0.0716. The van der Waals surface area contributed by atoms with Gasteiger partial charge in [-0.2, -0.15) is 13.2 Å². The molecule has 1 aliphatic heterocycles. The average molecular weight is 240 g/mol. The Kier molecular flexibility index (Phi) is 4.58. The predicted molar refractivity (Wildman–Crippen MR) is 55.0 cm³/mol. The molecule has 96 valence electrons. The number of likely N-dealkylation sites (tertiary alicyclic amines) is 1. The summed E-state index contributed by atoms with van der Waals surface area (Å²) in [5.74, 6) is 0. The van der Waals surface area contributed by atoms with Gasteiger partial charge in [-0.1, -0.05) is 0 Å². The first-order chi connectivity index (χ1) is 7.35. The number of halogens is 3. The quantitative estimate of drug-likeness (QED) is 0.777. The minimum atomic E-state index is -4.14. The minimum Gasteiger partial charge on any atom is -0.396 e. The van der Waals surface area contributed by atoms with Crippen LogP contribution in [-0.2, 0) is 0 Å². The molecule has 1 rings (SSSR count). The summed E-state index contributed by atoms with van der Waals surface area (Å²) in [5, 5.41) is 8.85. The molecule has 0 saturated carbocycles. The van der Waals surface area contributed by atoms with E-state index in [0.717, 1.165) is 0 Å². The van der Waals surface area contributed by atoms with E-state index in [2.05, 4.69) is 0 Å². The van der Waals surface area contributed by atoms with E-state index >= 15 is 0 Å². The van der Waals surface area contributed by atoms with E-state index in [1.807, 2.05) is 0 Å². The van der Waals surface area contributed by atoms with Crippen molar-refractivity contribution in [1.29, 1.82) is 0 Å². The zero-order valence-corrected chi connectivity index (χ0v) is 9.26. The van der Waals surface area contributed by atoms with Crippen molar-refractivity contribution >= 4 is 0 Å². The number of hydrogen-bond acceptors (Lipinski definition) is 3. The highest BCUT2D eigenvalue weighted by Crippen LogP contribution is 2.25. The van der Waals surface area contributed by atoms with Crippen molar-refractivity contribution in [2.75, 3.05) is 26.2 Å². The molecule has 0 aliphatic carbocycles. The average Bonchev–Trinajstić information content (AvgIpc) is 2.27. The van der Waals surface area contributed by atoms with Crippen molar-refractivity contribution in [1.82, 2.24) is 4.90 Å². The van der Waals surface area contributed by atoms with E-state index in [-0.39, 0.29) is 6.61 Å². The maximum atomic E-state index is 12.2. The van der Waals surface area contributed by atoms with Gasteiger partial charge in [0.15, 0.2) is 0 Å². The largest absolute Gasteiger partial charge is 0.401 e. The van der Waals surface area contributed by atoms with E-state index < -0.39 is 18.3 Å². The van der Waals surface area contributed by atoms with Crippen molar-refractivity contribution in [3.05, 3.63) is 0 Å². The standard InChI is InChI=1S/C10H19F3N2O/c11-10(12,13)8-15-5-1-2-9(14,3-6-15)4-7-16/h16H,1-8,14H2. The highest BCUT2D eigenvalue weighted by atomic mass is 19.4. The fourth-order valence-electron chi connectivity index (χ4n) is 2.16. The van der Waals surface area contributed by atoms with E-state index in [0.29, 0.717) is 38.8 Å². The summed E-state index contributed by atoms with van der Waals surface area (Å²) in [4.78, 5) is 1.39. The molecule has 1 unspecified atom stereocenters. The second-order valence-electron chi connectivity index (χ2n) is 4.58. The van der Waals surface area contributed by atoms with Gasteiger partial charge < -0.3 is 10.8 Å². The molecule has 0 spiro atoms. The van der Waals surface area contributed by atoms with Gasteiger partial charge in [-0.3, -0.25) is 4.90 Å². The van der Waals surface area contributed by atoms with Crippen LogP contribution in [0.15, 0.2) is 0 Å². The molecule has 16 heavy (non-hydrogen) atoms.